The largest absolute Gasteiger partial charge is 0.489 e. The van der Waals surface area contributed by atoms with Crippen molar-refractivity contribution < 1.29 is 10.0 Å². The van der Waals surface area contributed by atoms with Gasteiger partial charge in [0.1, 0.15) is 5.82 Å². The standard InChI is InChI=1S/C8H8BN3O2/c10-7-2-1-5-6(9(13)14)3-4-11-8(5)12-7/h1-4,13-14H,(H2,10,11,12). The lowest BCUT2D eigenvalue weighted by molar-refractivity contribution is 0.426. The molecule has 0 bridgehead atoms. The molecule has 0 amide bonds. The van der Waals surface area contributed by atoms with Crippen LogP contribution in [0.15, 0.2) is 24.4 Å². The van der Waals surface area contributed by atoms with Crippen molar-refractivity contribution in [2.45, 2.75) is 0 Å². The number of nitrogens with two attached hydrogens (primary N) is 1. The molecule has 0 saturated heterocycles. The zero-order valence-corrected chi connectivity index (χ0v) is 7.25. The smallest absolute Gasteiger partial charge is 0.423 e. The summed E-state index contributed by atoms with van der Waals surface area (Å²) in [5, 5.41) is 18.7. The number of fused-ring (bicyclic) bond motifs is 1. The van der Waals surface area contributed by atoms with Crippen molar-refractivity contribution in [2.75, 3.05) is 5.73 Å². The van der Waals surface area contributed by atoms with Crippen LogP contribution < -0.4 is 11.2 Å². The molecule has 0 aliphatic carbocycles. The molecular formula is C8H8BN3O2. The quantitative estimate of drug-likeness (QED) is 0.494. The van der Waals surface area contributed by atoms with Crippen LogP contribution in [0, 0.1) is 0 Å². The Bertz CT molecular complexity index is 475. The van der Waals surface area contributed by atoms with Crippen LogP contribution in [0.3, 0.4) is 0 Å². The Morgan fingerprint density at radius 3 is 2.71 bits per heavy atom. The number of nitrogens with zero attached hydrogens (tertiary/aromatic N) is 2. The number of hydrogen-bond donors (Lipinski definition) is 3. The molecule has 2 aromatic rings. The molecule has 0 aromatic carbocycles. The van der Waals surface area contributed by atoms with E-state index in [1.165, 1.54) is 12.3 Å². The normalized spacial score (nSPS) is 10.4. The Balaban J connectivity index is 2.75. The lowest BCUT2D eigenvalue weighted by Crippen LogP contribution is -2.30. The lowest BCUT2D eigenvalue weighted by Gasteiger charge is -2.03. The summed E-state index contributed by atoms with van der Waals surface area (Å²) in [4.78, 5) is 7.93. The van der Waals surface area contributed by atoms with Crippen molar-refractivity contribution in [3.05, 3.63) is 24.4 Å². The molecule has 0 saturated carbocycles. The van der Waals surface area contributed by atoms with Gasteiger partial charge in [-0.15, -0.1) is 0 Å². The monoisotopic (exact) mass is 189 g/mol. The van der Waals surface area contributed by atoms with Crippen molar-refractivity contribution in [1.82, 2.24) is 9.97 Å². The molecule has 0 aliphatic rings. The molecule has 14 heavy (non-hydrogen) atoms. The molecule has 0 radical (unpaired) electrons. The molecule has 70 valence electrons. The molecule has 2 aromatic heterocycles. The summed E-state index contributed by atoms with van der Waals surface area (Å²) in [6.07, 6.45) is 1.46. The predicted octanol–water partition coefficient (Wildman–Crippen LogP) is -1.11. The number of rotatable bonds is 1. The summed E-state index contributed by atoms with van der Waals surface area (Å²) in [7, 11) is -1.52. The van der Waals surface area contributed by atoms with E-state index in [9.17, 15) is 0 Å². The lowest BCUT2D eigenvalue weighted by atomic mass is 9.79. The van der Waals surface area contributed by atoms with E-state index in [1.807, 2.05) is 0 Å². The van der Waals surface area contributed by atoms with Gasteiger partial charge in [0.25, 0.3) is 0 Å². The maximum atomic E-state index is 9.06. The molecule has 0 unspecified atom stereocenters. The Morgan fingerprint density at radius 2 is 2.00 bits per heavy atom. The van der Waals surface area contributed by atoms with E-state index in [2.05, 4.69) is 9.97 Å². The summed E-state index contributed by atoms with van der Waals surface area (Å²) in [5.74, 6) is 0.356. The van der Waals surface area contributed by atoms with Crippen LogP contribution in [0.1, 0.15) is 0 Å². The van der Waals surface area contributed by atoms with E-state index in [4.69, 9.17) is 15.8 Å². The van der Waals surface area contributed by atoms with E-state index in [0.717, 1.165) is 0 Å². The minimum Gasteiger partial charge on any atom is -0.423 e. The first-order chi connectivity index (χ1) is 6.68. The zero-order valence-electron chi connectivity index (χ0n) is 7.25. The second-order valence-corrected chi connectivity index (χ2v) is 2.88. The number of hydrogen-bond acceptors (Lipinski definition) is 5. The fourth-order valence-corrected chi connectivity index (χ4v) is 1.29. The predicted molar refractivity (Wildman–Crippen MR) is 53.8 cm³/mol. The SMILES string of the molecule is Nc1ccc2c(B(O)O)ccnc2n1. The van der Waals surface area contributed by atoms with Crippen molar-refractivity contribution in [1.29, 1.82) is 0 Å². The van der Waals surface area contributed by atoms with Crippen molar-refractivity contribution in [3.8, 4) is 0 Å². The first-order valence-corrected chi connectivity index (χ1v) is 4.06. The average Bonchev–Trinajstić information content (AvgIpc) is 2.16. The van der Waals surface area contributed by atoms with Crippen LogP contribution in [-0.2, 0) is 0 Å². The van der Waals surface area contributed by atoms with Crippen LogP contribution >= 0.6 is 0 Å². The van der Waals surface area contributed by atoms with Gasteiger partial charge in [-0.1, -0.05) is 0 Å². The Kier molecular flexibility index (Phi) is 2.07. The summed E-state index contributed by atoms with van der Waals surface area (Å²) in [5.41, 5.74) is 6.26. The van der Waals surface area contributed by atoms with Gasteiger partial charge in [0, 0.05) is 11.6 Å². The number of pyridine rings is 2. The van der Waals surface area contributed by atoms with Crippen molar-refractivity contribution in [2.24, 2.45) is 0 Å². The van der Waals surface area contributed by atoms with Gasteiger partial charge >= 0.3 is 7.12 Å². The summed E-state index contributed by atoms with van der Waals surface area (Å²) in [6, 6.07) is 4.79. The maximum Gasteiger partial charge on any atom is 0.489 e. The molecule has 5 nitrogen and oxygen atoms in total. The third-order valence-electron chi connectivity index (χ3n) is 1.94. The highest BCUT2D eigenvalue weighted by atomic mass is 16.4. The van der Waals surface area contributed by atoms with Crippen LogP contribution in [0.2, 0.25) is 0 Å². The summed E-state index contributed by atoms with van der Waals surface area (Å²) in [6.45, 7) is 0. The fourth-order valence-electron chi connectivity index (χ4n) is 1.29. The van der Waals surface area contributed by atoms with Crippen molar-refractivity contribution in [3.63, 3.8) is 0 Å². The average molecular weight is 189 g/mol. The molecule has 2 heterocycles. The van der Waals surface area contributed by atoms with Gasteiger partial charge in [0.15, 0.2) is 5.65 Å². The highest BCUT2D eigenvalue weighted by Crippen LogP contribution is 2.08. The number of aromatic nitrogens is 2. The summed E-state index contributed by atoms with van der Waals surface area (Å²) < 4.78 is 0. The first-order valence-electron chi connectivity index (χ1n) is 4.06. The molecule has 6 heteroatoms. The number of anilines is 1. The van der Waals surface area contributed by atoms with E-state index in [-0.39, 0.29) is 0 Å². The molecule has 0 fully saturated rings. The van der Waals surface area contributed by atoms with Gasteiger partial charge in [-0.05, 0) is 23.7 Å². The summed E-state index contributed by atoms with van der Waals surface area (Å²) >= 11 is 0. The molecule has 2 rings (SSSR count). The molecular weight excluding hydrogens is 181 g/mol. The Hall–Kier alpha value is -1.66. The van der Waals surface area contributed by atoms with Crippen molar-refractivity contribution >= 4 is 29.4 Å². The highest BCUT2D eigenvalue weighted by molar-refractivity contribution is 6.61. The maximum absolute atomic E-state index is 9.06. The molecule has 0 spiro atoms. The van der Waals surface area contributed by atoms with Gasteiger partial charge in [-0.2, -0.15) is 0 Å². The third-order valence-corrected chi connectivity index (χ3v) is 1.94. The van der Waals surface area contributed by atoms with Crippen LogP contribution in [0.4, 0.5) is 5.82 Å². The second-order valence-electron chi connectivity index (χ2n) is 2.88. The fraction of sp³-hybridized carbons (Fsp3) is 0. The Labute approximate surface area is 80.4 Å². The van der Waals surface area contributed by atoms with Crippen LogP contribution in [0.25, 0.3) is 11.0 Å². The van der Waals surface area contributed by atoms with Gasteiger partial charge in [0.05, 0.1) is 0 Å². The Morgan fingerprint density at radius 1 is 1.21 bits per heavy atom. The molecule has 0 atom stereocenters. The number of nitrogen functional groups attached to an aromatic ring is 1. The second kappa shape index (κ2) is 3.24. The third kappa shape index (κ3) is 1.41. The van der Waals surface area contributed by atoms with Gasteiger partial charge in [-0.25, -0.2) is 9.97 Å². The van der Waals surface area contributed by atoms with Gasteiger partial charge in [-0.3, -0.25) is 0 Å². The zero-order chi connectivity index (χ0) is 10.1. The topological polar surface area (TPSA) is 92.3 Å². The van der Waals surface area contributed by atoms with Gasteiger partial charge in [0.2, 0.25) is 0 Å². The van der Waals surface area contributed by atoms with E-state index < -0.39 is 7.12 Å². The minimum absolute atomic E-state index is 0.356. The van der Waals surface area contributed by atoms with Crippen LogP contribution in [-0.4, -0.2) is 27.1 Å². The van der Waals surface area contributed by atoms with Gasteiger partial charge < -0.3 is 15.8 Å². The van der Waals surface area contributed by atoms with E-state index in [1.54, 1.807) is 12.1 Å². The first kappa shape index (κ1) is 8.92. The minimum atomic E-state index is -1.52. The van der Waals surface area contributed by atoms with E-state index >= 15 is 0 Å². The highest BCUT2D eigenvalue weighted by Gasteiger charge is 2.15. The van der Waals surface area contributed by atoms with E-state index in [0.29, 0.717) is 22.3 Å². The molecule has 0 aliphatic heterocycles. The molecule has 4 N–H and O–H groups in total. The van der Waals surface area contributed by atoms with Crippen LogP contribution in [0.5, 0.6) is 0 Å².